The molecular weight excluding hydrogens is 320 g/mol. The summed E-state index contributed by atoms with van der Waals surface area (Å²) in [6.07, 6.45) is 4.28. The van der Waals surface area contributed by atoms with Gasteiger partial charge in [0.2, 0.25) is 0 Å². The summed E-state index contributed by atoms with van der Waals surface area (Å²) >= 11 is 1.31. The molecule has 0 radical (unpaired) electrons. The first-order valence-electron chi connectivity index (χ1n) is 7.77. The molecule has 1 aromatic rings. The summed E-state index contributed by atoms with van der Waals surface area (Å²) < 4.78 is 10.8. The predicted octanol–water partition coefficient (Wildman–Crippen LogP) is 1.61. The molecule has 23 heavy (non-hydrogen) atoms. The third-order valence-electron chi connectivity index (χ3n) is 4.44. The van der Waals surface area contributed by atoms with Gasteiger partial charge in [-0.05, 0) is 25.7 Å². The Kier molecular flexibility index (Phi) is 4.93. The van der Waals surface area contributed by atoms with E-state index in [-0.39, 0.29) is 18.6 Å². The number of nitrogens with one attached hydrogen (secondary N) is 1. The summed E-state index contributed by atoms with van der Waals surface area (Å²) in [5, 5.41) is 13.0. The van der Waals surface area contributed by atoms with Gasteiger partial charge in [-0.25, -0.2) is 4.98 Å². The zero-order valence-corrected chi connectivity index (χ0v) is 13.6. The Bertz CT molecular complexity index is 576. The van der Waals surface area contributed by atoms with Crippen molar-refractivity contribution < 1.29 is 24.2 Å². The van der Waals surface area contributed by atoms with Crippen LogP contribution in [0.15, 0.2) is 6.20 Å². The monoisotopic (exact) mass is 340 g/mol. The molecule has 126 valence electrons. The summed E-state index contributed by atoms with van der Waals surface area (Å²) in [5.74, 6) is -1.16. The Morgan fingerprint density at radius 3 is 2.83 bits per heavy atom. The van der Waals surface area contributed by atoms with Crippen LogP contribution in [-0.4, -0.2) is 48.3 Å². The fourth-order valence-electron chi connectivity index (χ4n) is 2.88. The van der Waals surface area contributed by atoms with E-state index in [1.807, 2.05) is 0 Å². The highest BCUT2D eigenvalue weighted by Gasteiger charge is 2.40. The van der Waals surface area contributed by atoms with Crippen LogP contribution >= 0.6 is 11.3 Å². The summed E-state index contributed by atoms with van der Waals surface area (Å²) in [7, 11) is 0. The van der Waals surface area contributed by atoms with Gasteiger partial charge in [-0.2, -0.15) is 0 Å². The van der Waals surface area contributed by atoms with E-state index in [1.165, 1.54) is 17.5 Å². The molecule has 2 saturated heterocycles. The number of carbonyl (C=O) groups excluding carboxylic acids is 1. The second-order valence-electron chi connectivity index (χ2n) is 5.94. The van der Waals surface area contributed by atoms with Crippen molar-refractivity contribution in [3.05, 3.63) is 16.1 Å². The van der Waals surface area contributed by atoms with Crippen LogP contribution in [0.25, 0.3) is 0 Å². The largest absolute Gasteiger partial charge is 0.481 e. The number of ether oxygens (including phenoxy) is 2. The lowest BCUT2D eigenvalue weighted by atomic mass is 9.80. The van der Waals surface area contributed by atoms with Gasteiger partial charge in [0.1, 0.15) is 16.0 Å². The van der Waals surface area contributed by atoms with Crippen LogP contribution in [0.2, 0.25) is 0 Å². The minimum absolute atomic E-state index is 0.0117. The molecule has 2 aliphatic rings. The molecule has 2 N–H and O–H groups in total. The molecule has 3 heterocycles. The van der Waals surface area contributed by atoms with Crippen LogP contribution in [0.1, 0.15) is 46.5 Å². The molecule has 0 aliphatic carbocycles. The van der Waals surface area contributed by atoms with E-state index in [0.717, 1.165) is 24.5 Å². The number of hydrogen-bond donors (Lipinski definition) is 2. The van der Waals surface area contributed by atoms with Crippen LogP contribution < -0.4 is 5.32 Å². The van der Waals surface area contributed by atoms with Crippen molar-refractivity contribution in [2.24, 2.45) is 5.41 Å². The lowest BCUT2D eigenvalue weighted by Crippen LogP contribution is -2.46. The zero-order valence-electron chi connectivity index (χ0n) is 12.7. The Morgan fingerprint density at radius 1 is 1.39 bits per heavy atom. The summed E-state index contributed by atoms with van der Waals surface area (Å²) in [5.41, 5.74) is -0.935. The molecule has 1 aromatic heterocycles. The third kappa shape index (κ3) is 3.54. The smallest absolute Gasteiger partial charge is 0.311 e. The number of rotatable bonds is 5. The highest BCUT2D eigenvalue weighted by atomic mass is 32.1. The summed E-state index contributed by atoms with van der Waals surface area (Å²) in [6.45, 7) is 1.66. The highest BCUT2D eigenvalue weighted by Crippen LogP contribution is 2.32. The van der Waals surface area contributed by atoms with Crippen LogP contribution in [0.5, 0.6) is 0 Å². The van der Waals surface area contributed by atoms with Crippen LogP contribution in [0.4, 0.5) is 0 Å². The second kappa shape index (κ2) is 6.94. The Morgan fingerprint density at radius 2 is 2.17 bits per heavy atom. The Balaban J connectivity index is 1.61. The van der Waals surface area contributed by atoms with Crippen LogP contribution in [-0.2, 0) is 14.3 Å². The van der Waals surface area contributed by atoms with E-state index in [4.69, 9.17) is 9.47 Å². The molecule has 0 bridgehead atoms. The molecule has 1 unspecified atom stereocenters. The number of aromatic nitrogens is 1. The van der Waals surface area contributed by atoms with E-state index >= 15 is 0 Å². The van der Waals surface area contributed by atoms with E-state index in [2.05, 4.69) is 10.3 Å². The first kappa shape index (κ1) is 16.4. The van der Waals surface area contributed by atoms with Crippen molar-refractivity contribution in [3.8, 4) is 0 Å². The molecule has 1 amide bonds. The SMILES string of the molecule is O=C(NCC1(C(=O)O)CCOCC1)c1cnc(C2CCCO2)s1. The number of carbonyl (C=O) groups is 2. The number of carboxylic acid groups (broad SMARTS) is 1. The minimum Gasteiger partial charge on any atom is -0.481 e. The first-order valence-corrected chi connectivity index (χ1v) is 8.59. The van der Waals surface area contributed by atoms with Crippen molar-refractivity contribution in [3.63, 3.8) is 0 Å². The van der Waals surface area contributed by atoms with Gasteiger partial charge in [0, 0.05) is 26.4 Å². The molecule has 1 atom stereocenters. The van der Waals surface area contributed by atoms with Gasteiger partial charge in [-0.1, -0.05) is 0 Å². The van der Waals surface area contributed by atoms with Crippen molar-refractivity contribution in [2.45, 2.75) is 31.8 Å². The van der Waals surface area contributed by atoms with Crippen molar-refractivity contribution in [1.29, 1.82) is 0 Å². The molecule has 8 heteroatoms. The number of amides is 1. The van der Waals surface area contributed by atoms with E-state index in [0.29, 0.717) is 30.9 Å². The third-order valence-corrected chi connectivity index (χ3v) is 5.53. The predicted molar refractivity (Wildman–Crippen MR) is 82.5 cm³/mol. The average Bonchev–Trinajstić information content (AvgIpc) is 3.24. The van der Waals surface area contributed by atoms with Crippen molar-refractivity contribution in [1.82, 2.24) is 10.3 Å². The molecule has 3 rings (SSSR count). The highest BCUT2D eigenvalue weighted by molar-refractivity contribution is 7.13. The van der Waals surface area contributed by atoms with Gasteiger partial charge in [0.05, 0.1) is 11.6 Å². The average molecular weight is 340 g/mol. The maximum Gasteiger partial charge on any atom is 0.311 e. The van der Waals surface area contributed by atoms with Crippen LogP contribution in [0.3, 0.4) is 0 Å². The second-order valence-corrected chi connectivity index (χ2v) is 7.01. The van der Waals surface area contributed by atoms with Crippen molar-refractivity contribution in [2.75, 3.05) is 26.4 Å². The number of aliphatic carboxylic acids is 1. The maximum absolute atomic E-state index is 12.3. The minimum atomic E-state index is -0.935. The molecule has 7 nitrogen and oxygen atoms in total. The van der Waals surface area contributed by atoms with E-state index in [1.54, 1.807) is 0 Å². The number of carboxylic acids is 1. The van der Waals surface area contributed by atoms with Gasteiger partial charge in [0.25, 0.3) is 5.91 Å². The number of thiazole rings is 1. The van der Waals surface area contributed by atoms with E-state index < -0.39 is 11.4 Å². The standard InChI is InChI=1S/C15H20N2O5S/c18-12(11-8-16-13(23-11)10-2-1-5-22-10)17-9-15(14(19)20)3-6-21-7-4-15/h8,10H,1-7,9H2,(H,17,18)(H,19,20). The topological polar surface area (TPSA) is 97.8 Å². The van der Waals surface area contributed by atoms with Gasteiger partial charge in [-0.15, -0.1) is 11.3 Å². The molecular formula is C15H20N2O5S. The van der Waals surface area contributed by atoms with Gasteiger partial charge < -0.3 is 19.9 Å². The number of hydrogen-bond acceptors (Lipinski definition) is 6. The van der Waals surface area contributed by atoms with E-state index in [9.17, 15) is 14.7 Å². The molecule has 2 fully saturated rings. The molecule has 0 saturated carbocycles. The quantitative estimate of drug-likeness (QED) is 0.845. The fraction of sp³-hybridized carbons (Fsp3) is 0.667. The van der Waals surface area contributed by atoms with Crippen LogP contribution in [0, 0.1) is 5.41 Å². The molecule has 0 spiro atoms. The summed E-state index contributed by atoms with van der Waals surface area (Å²) in [6, 6.07) is 0. The molecule has 2 aliphatic heterocycles. The fourth-order valence-corrected chi connectivity index (χ4v) is 3.80. The maximum atomic E-state index is 12.3. The molecule has 0 aromatic carbocycles. The lowest BCUT2D eigenvalue weighted by Gasteiger charge is -2.33. The Labute approximate surface area is 138 Å². The summed E-state index contributed by atoms with van der Waals surface area (Å²) in [4.78, 5) is 28.6. The van der Waals surface area contributed by atoms with Gasteiger partial charge in [-0.3, -0.25) is 9.59 Å². The van der Waals surface area contributed by atoms with Gasteiger partial charge >= 0.3 is 5.97 Å². The van der Waals surface area contributed by atoms with Crippen molar-refractivity contribution >= 4 is 23.2 Å². The number of nitrogens with zero attached hydrogens (tertiary/aromatic N) is 1. The zero-order chi connectivity index (χ0) is 16.3. The first-order chi connectivity index (χ1) is 11.1. The Hall–Kier alpha value is -1.51. The lowest BCUT2D eigenvalue weighted by molar-refractivity contribution is -0.154. The van der Waals surface area contributed by atoms with Gasteiger partial charge in [0.15, 0.2) is 0 Å². The normalized spacial score (nSPS) is 23.6.